The first-order valence-corrected chi connectivity index (χ1v) is 5.81. The van der Waals surface area contributed by atoms with E-state index in [0.29, 0.717) is 5.82 Å². The first-order chi connectivity index (χ1) is 7.63. The normalized spacial score (nSPS) is 10.6. The third-order valence-electron chi connectivity index (χ3n) is 2.45. The standard InChI is InChI=1S/C11H13BrN4/c1-2-9-15-10(11(13)16(9)14)7-3-5-8(12)6-4-7/h3-6H,2,13-14H2,1H3. The fraction of sp³-hybridized carbons (Fsp3) is 0.182. The highest BCUT2D eigenvalue weighted by Gasteiger charge is 2.12. The van der Waals surface area contributed by atoms with Crippen LogP contribution in [0.1, 0.15) is 12.7 Å². The van der Waals surface area contributed by atoms with Crippen molar-refractivity contribution in [3.63, 3.8) is 0 Å². The summed E-state index contributed by atoms with van der Waals surface area (Å²) in [6, 6.07) is 7.83. The minimum Gasteiger partial charge on any atom is -0.382 e. The Morgan fingerprint density at radius 2 is 1.94 bits per heavy atom. The zero-order valence-electron chi connectivity index (χ0n) is 8.94. The molecular weight excluding hydrogens is 268 g/mol. The molecular formula is C11H13BrN4. The van der Waals surface area contributed by atoms with Gasteiger partial charge in [-0.15, -0.1) is 0 Å². The van der Waals surface area contributed by atoms with Crippen LogP contribution >= 0.6 is 15.9 Å². The quantitative estimate of drug-likeness (QED) is 0.829. The lowest BCUT2D eigenvalue weighted by atomic mass is 10.1. The van der Waals surface area contributed by atoms with Crippen molar-refractivity contribution in [2.75, 3.05) is 11.6 Å². The Hall–Kier alpha value is -1.49. The number of anilines is 1. The zero-order chi connectivity index (χ0) is 11.7. The van der Waals surface area contributed by atoms with Crippen molar-refractivity contribution in [3.05, 3.63) is 34.6 Å². The monoisotopic (exact) mass is 280 g/mol. The molecule has 2 rings (SSSR count). The fourth-order valence-electron chi connectivity index (χ4n) is 1.56. The van der Waals surface area contributed by atoms with Gasteiger partial charge in [-0.05, 0) is 12.1 Å². The highest BCUT2D eigenvalue weighted by atomic mass is 79.9. The van der Waals surface area contributed by atoms with Crippen molar-refractivity contribution < 1.29 is 0 Å². The molecule has 4 nitrogen and oxygen atoms in total. The molecule has 2 aromatic rings. The second-order valence-corrected chi connectivity index (χ2v) is 4.41. The van der Waals surface area contributed by atoms with Crippen LogP contribution in [-0.2, 0) is 6.42 Å². The van der Waals surface area contributed by atoms with Gasteiger partial charge >= 0.3 is 0 Å². The van der Waals surface area contributed by atoms with Gasteiger partial charge in [0.05, 0.1) is 0 Å². The van der Waals surface area contributed by atoms with Gasteiger partial charge in [0.25, 0.3) is 0 Å². The molecule has 1 heterocycles. The Bertz CT molecular complexity index is 501. The van der Waals surface area contributed by atoms with E-state index in [1.807, 2.05) is 31.2 Å². The second kappa shape index (κ2) is 4.17. The van der Waals surface area contributed by atoms with E-state index in [0.717, 1.165) is 28.0 Å². The van der Waals surface area contributed by atoms with Crippen LogP contribution < -0.4 is 11.6 Å². The number of halogens is 1. The Balaban J connectivity index is 2.52. The van der Waals surface area contributed by atoms with Gasteiger partial charge in [0, 0.05) is 16.5 Å². The summed E-state index contributed by atoms with van der Waals surface area (Å²) in [5.74, 6) is 7.09. The van der Waals surface area contributed by atoms with E-state index in [2.05, 4.69) is 20.9 Å². The number of nitrogen functional groups attached to an aromatic ring is 2. The zero-order valence-corrected chi connectivity index (χ0v) is 10.5. The molecule has 0 saturated carbocycles. The summed E-state index contributed by atoms with van der Waals surface area (Å²) in [5.41, 5.74) is 7.63. The van der Waals surface area contributed by atoms with Crippen LogP contribution in [0, 0.1) is 0 Å². The Kier molecular flexibility index (Phi) is 2.87. The van der Waals surface area contributed by atoms with Crippen molar-refractivity contribution >= 4 is 21.7 Å². The number of hydrogen-bond donors (Lipinski definition) is 2. The van der Waals surface area contributed by atoms with Crippen LogP contribution in [0.2, 0.25) is 0 Å². The molecule has 0 aliphatic carbocycles. The molecule has 1 aromatic heterocycles. The number of imidazole rings is 1. The third-order valence-corrected chi connectivity index (χ3v) is 2.98. The van der Waals surface area contributed by atoms with Crippen LogP contribution in [0.5, 0.6) is 0 Å². The van der Waals surface area contributed by atoms with Gasteiger partial charge in [0.15, 0.2) is 5.82 Å². The van der Waals surface area contributed by atoms with Crippen LogP contribution in [0.4, 0.5) is 5.82 Å². The van der Waals surface area contributed by atoms with Crippen molar-refractivity contribution in [2.24, 2.45) is 0 Å². The van der Waals surface area contributed by atoms with Crippen LogP contribution in [0.25, 0.3) is 11.3 Å². The lowest BCUT2D eigenvalue weighted by molar-refractivity contribution is 0.865. The lowest BCUT2D eigenvalue weighted by Gasteiger charge is -2.00. The number of nitrogens with two attached hydrogens (primary N) is 2. The largest absolute Gasteiger partial charge is 0.382 e. The van der Waals surface area contributed by atoms with E-state index in [-0.39, 0.29) is 0 Å². The van der Waals surface area contributed by atoms with Crippen LogP contribution in [-0.4, -0.2) is 9.66 Å². The molecule has 0 amide bonds. The van der Waals surface area contributed by atoms with Gasteiger partial charge in [-0.25, -0.2) is 9.66 Å². The molecule has 0 spiro atoms. The Morgan fingerprint density at radius 1 is 1.31 bits per heavy atom. The maximum absolute atomic E-state index is 5.91. The first-order valence-electron chi connectivity index (χ1n) is 5.01. The van der Waals surface area contributed by atoms with E-state index in [4.69, 9.17) is 11.6 Å². The molecule has 0 aliphatic heterocycles. The Morgan fingerprint density at radius 3 is 2.44 bits per heavy atom. The second-order valence-electron chi connectivity index (χ2n) is 3.49. The minimum absolute atomic E-state index is 0.499. The maximum atomic E-state index is 5.91. The summed E-state index contributed by atoms with van der Waals surface area (Å²) in [6.45, 7) is 2.00. The summed E-state index contributed by atoms with van der Waals surface area (Å²) in [4.78, 5) is 4.43. The van der Waals surface area contributed by atoms with Gasteiger partial charge < -0.3 is 11.6 Å². The number of hydrogen-bond acceptors (Lipinski definition) is 3. The molecule has 0 atom stereocenters. The first kappa shape index (κ1) is 11.0. The van der Waals surface area contributed by atoms with E-state index in [9.17, 15) is 0 Å². The van der Waals surface area contributed by atoms with Gasteiger partial charge in [0.2, 0.25) is 0 Å². The lowest BCUT2D eigenvalue weighted by Crippen LogP contribution is -2.14. The van der Waals surface area contributed by atoms with Gasteiger partial charge in [0.1, 0.15) is 11.5 Å². The molecule has 0 aliphatic rings. The highest BCUT2D eigenvalue weighted by Crippen LogP contribution is 2.26. The fourth-order valence-corrected chi connectivity index (χ4v) is 1.83. The molecule has 5 heteroatoms. The number of nitrogens with zero attached hydrogens (tertiary/aromatic N) is 2. The minimum atomic E-state index is 0.499. The summed E-state index contributed by atoms with van der Waals surface area (Å²) in [5, 5.41) is 0. The van der Waals surface area contributed by atoms with Gasteiger partial charge in [-0.1, -0.05) is 35.0 Å². The number of aryl methyl sites for hydroxylation is 1. The van der Waals surface area contributed by atoms with Crippen molar-refractivity contribution in [1.29, 1.82) is 0 Å². The maximum Gasteiger partial charge on any atom is 0.150 e. The van der Waals surface area contributed by atoms with E-state index in [1.165, 1.54) is 4.68 Å². The SMILES string of the molecule is CCc1nc(-c2ccc(Br)cc2)c(N)n1N. The van der Waals surface area contributed by atoms with Crippen molar-refractivity contribution in [3.8, 4) is 11.3 Å². The summed E-state index contributed by atoms with van der Waals surface area (Å²) < 4.78 is 2.47. The van der Waals surface area contributed by atoms with Crippen molar-refractivity contribution in [1.82, 2.24) is 9.66 Å². The molecule has 4 N–H and O–H groups in total. The Labute approximate surface area is 102 Å². The smallest absolute Gasteiger partial charge is 0.150 e. The summed E-state index contributed by atoms with van der Waals surface area (Å²) in [6.07, 6.45) is 0.761. The molecule has 0 bridgehead atoms. The number of benzene rings is 1. The van der Waals surface area contributed by atoms with Gasteiger partial charge in [-0.2, -0.15) is 0 Å². The molecule has 1 aromatic carbocycles. The molecule has 16 heavy (non-hydrogen) atoms. The molecule has 0 radical (unpaired) electrons. The van der Waals surface area contributed by atoms with Crippen LogP contribution in [0.15, 0.2) is 28.7 Å². The summed E-state index contributed by atoms with van der Waals surface area (Å²) in [7, 11) is 0. The third kappa shape index (κ3) is 1.78. The molecule has 0 fully saturated rings. The topological polar surface area (TPSA) is 69.9 Å². The van der Waals surface area contributed by atoms with Crippen LogP contribution in [0.3, 0.4) is 0 Å². The van der Waals surface area contributed by atoms with Crippen molar-refractivity contribution in [2.45, 2.75) is 13.3 Å². The van der Waals surface area contributed by atoms with E-state index in [1.54, 1.807) is 0 Å². The highest BCUT2D eigenvalue weighted by molar-refractivity contribution is 9.10. The van der Waals surface area contributed by atoms with E-state index < -0.39 is 0 Å². The number of aromatic nitrogens is 2. The number of rotatable bonds is 2. The van der Waals surface area contributed by atoms with Gasteiger partial charge in [-0.3, -0.25) is 0 Å². The molecule has 0 unspecified atom stereocenters. The average Bonchev–Trinajstić information content (AvgIpc) is 2.57. The summed E-state index contributed by atoms with van der Waals surface area (Å²) >= 11 is 3.39. The molecule has 84 valence electrons. The predicted molar refractivity (Wildman–Crippen MR) is 69.3 cm³/mol. The molecule has 0 saturated heterocycles. The predicted octanol–water partition coefficient (Wildman–Crippen LogP) is 2.17. The van der Waals surface area contributed by atoms with E-state index >= 15 is 0 Å². The average molecular weight is 281 g/mol.